The Morgan fingerprint density at radius 3 is 2.32 bits per heavy atom. The van der Waals surface area contributed by atoms with E-state index in [9.17, 15) is 14.7 Å². The van der Waals surface area contributed by atoms with Gasteiger partial charge in [-0.1, -0.05) is 44.2 Å². The number of carboxylic acid groups (broad SMARTS) is 1. The Labute approximate surface area is 130 Å². The molecule has 0 radical (unpaired) electrons. The third kappa shape index (κ3) is 3.76. The normalized spacial score (nSPS) is 13.5. The molecule has 1 unspecified atom stereocenters. The minimum Gasteiger partial charge on any atom is -0.479 e. The van der Waals surface area contributed by atoms with Gasteiger partial charge in [-0.25, -0.2) is 9.59 Å². The number of carbonyl (C=O) groups is 2. The van der Waals surface area contributed by atoms with Gasteiger partial charge in [-0.15, -0.1) is 0 Å². The van der Waals surface area contributed by atoms with Crippen molar-refractivity contribution in [3.05, 3.63) is 35.9 Å². The van der Waals surface area contributed by atoms with E-state index in [1.54, 1.807) is 13.8 Å². The van der Waals surface area contributed by atoms with Crippen molar-refractivity contribution in [3.8, 4) is 0 Å². The van der Waals surface area contributed by atoms with Crippen molar-refractivity contribution in [2.75, 3.05) is 20.8 Å². The number of rotatable bonds is 7. The van der Waals surface area contributed by atoms with Gasteiger partial charge in [0.25, 0.3) is 0 Å². The molecule has 0 saturated carbocycles. The number of aliphatic carboxylic acids is 1. The predicted octanol–water partition coefficient (Wildman–Crippen LogP) is 2.38. The molecule has 0 spiro atoms. The van der Waals surface area contributed by atoms with E-state index in [-0.39, 0.29) is 19.1 Å². The van der Waals surface area contributed by atoms with Gasteiger partial charge in [-0.3, -0.25) is 4.90 Å². The van der Waals surface area contributed by atoms with E-state index in [4.69, 9.17) is 9.47 Å². The molecule has 0 saturated heterocycles. The van der Waals surface area contributed by atoms with Crippen LogP contribution in [0.2, 0.25) is 0 Å². The number of carbonyl (C=O) groups excluding carboxylic acids is 1. The van der Waals surface area contributed by atoms with E-state index in [1.165, 1.54) is 14.2 Å². The van der Waals surface area contributed by atoms with Gasteiger partial charge in [0.15, 0.2) is 5.54 Å². The lowest BCUT2D eigenvalue weighted by atomic mass is 9.86. The van der Waals surface area contributed by atoms with Crippen molar-refractivity contribution < 1.29 is 24.2 Å². The van der Waals surface area contributed by atoms with Gasteiger partial charge in [0.05, 0.1) is 6.61 Å². The highest BCUT2D eigenvalue weighted by atomic mass is 16.6. The van der Waals surface area contributed by atoms with Crippen molar-refractivity contribution in [2.45, 2.75) is 26.0 Å². The molecule has 0 aliphatic rings. The molecule has 0 aliphatic carbocycles. The van der Waals surface area contributed by atoms with Gasteiger partial charge in [0, 0.05) is 14.2 Å². The highest BCUT2D eigenvalue weighted by Crippen LogP contribution is 2.26. The van der Waals surface area contributed by atoms with E-state index in [0.717, 1.165) is 10.5 Å². The maximum Gasteiger partial charge on any atom is 0.410 e. The summed E-state index contributed by atoms with van der Waals surface area (Å²) in [6.07, 6.45) is -0.697. The smallest absolute Gasteiger partial charge is 0.410 e. The van der Waals surface area contributed by atoms with Crippen LogP contribution in [0.5, 0.6) is 0 Å². The van der Waals surface area contributed by atoms with Gasteiger partial charge in [-0.05, 0) is 11.5 Å². The van der Waals surface area contributed by atoms with Crippen LogP contribution in [0.15, 0.2) is 30.3 Å². The Balaban J connectivity index is 2.86. The molecule has 1 aromatic rings. The Morgan fingerprint density at radius 1 is 1.27 bits per heavy atom. The molecule has 1 amide bonds. The van der Waals surface area contributed by atoms with Crippen LogP contribution < -0.4 is 0 Å². The van der Waals surface area contributed by atoms with Crippen LogP contribution in [0, 0.1) is 5.92 Å². The number of ether oxygens (including phenoxy) is 2. The van der Waals surface area contributed by atoms with Crippen LogP contribution in [0.25, 0.3) is 0 Å². The number of carboxylic acids is 1. The first-order valence-corrected chi connectivity index (χ1v) is 7.03. The van der Waals surface area contributed by atoms with E-state index in [2.05, 4.69) is 0 Å². The molecule has 0 bridgehead atoms. The van der Waals surface area contributed by atoms with Crippen LogP contribution in [-0.4, -0.2) is 48.4 Å². The maximum atomic E-state index is 12.2. The molecule has 1 rings (SSSR count). The monoisotopic (exact) mass is 309 g/mol. The molecule has 1 N–H and O–H groups in total. The van der Waals surface area contributed by atoms with E-state index >= 15 is 0 Å². The van der Waals surface area contributed by atoms with Crippen LogP contribution in [0.3, 0.4) is 0 Å². The maximum absolute atomic E-state index is 12.2. The lowest BCUT2D eigenvalue weighted by molar-refractivity contribution is -0.157. The number of hydrogen-bond donors (Lipinski definition) is 1. The Hall–Kier alpha value is -2.08. The average molecular weight is 309 g/mol. The van der Waals surface area contributed by atoms with Gasteiger partial charge in [0.2, 0.25) is 0 Å². The number of benzene rings is 1. The fourth-order valence-corrected chi connectivity index (χ4v) is 2.30. The summed E-state index contributed by atoms with van der Waals surface area (Å²) in [5.41, 5.74) is -0.635. The molecule has 0 aliphatic heterocycles. The van der Waals surface area contributed by atoms with Crippen LogP contribution in [-0.2, 0) is 20.9 Å². The quantitative estimate of drug-likeness (QED) is 0.837. The molecular formula is C16H23NO5. The summed E-state index contributed by atoms with van der Waals surface area (Å²) < 4.78 is 10.2. The first-order chi connectivity index (χ1) is 10.4. The fraction of sp³-hybridized carbons (Fsp3) is 0.500. The molecule has 0 aromatic heterocycles. The number of nitrogens with zero attached hydrogens (tertiary/aromatic N) is 1. The molecule has 122 valence electrons. The summed E-state index contributed by atoms with van der Waals surface area (Å²) in [4.78, 5) is 25.1. The zero-order valence-corrected chi connectivity index (χ0v) is 13.4. The summed E-state index contributed by atoms with van der Waals surface area (Å²) in [6.45, 7) is 3.43. The highest BCUT2D eigenvalue weighted by molar-refractivity contribution is 5.84. The SMILES string of the molecule is COCC(C(=O)O)(C(C)C)N(C)C(=O)OCc1ccccc1. The molecule has 0 heterocycles. The summed E-state index contributed by atoms with van der Waals surface area (Å²) in [5.74, 6) is -1.47. The number of amides is 1. The summed E-state index contributed by atoms with van der Waals surface area (Å²) in [7, 11) is 2.82. The highest BCUT2D eigenvalue weighted by Gasteiger charge is 2.48. The summed E-state index contributed by atoms with van der Waals surface area (Å²) in [5, 5.41) is 9.60. The third-order valence-corrected chi connectivity index (χ3v) is 3.77. The Kier molecular flexibility index (Phi) is 6.37. The van der Waals surface area contributed by atoms with E-state index < -0.39 is 17.6 Å². The van der Waals surface area contributed by atoms with Gasteiger partial charge in [0.1, 0.15) is 6.61 Å². The first kappa shape index (κ1) is 18.0. The lowest BCUT2D eigenvalue weighted by Gasteiger charge is -2.39. The number of hydrogen-bond acceptors (Lipinski definition) is 4. The second-order valence-corrected chi connectivity index (χ2v) is 5.42. The second kappa shape index (κ2) is 7.79. The molecule has 1 atom stereocenters. The van der Waals surface area contributed by atoms with Gasteiger partial charge in [-0.2, -0.15) is 0 Å². The molecule has 6 nitrogen and oxygen atoms in total. The zero-order chi connectivity index (χ0) is 16.8. The number of likely N-dealkylation sites (N-methyl/N-ethyl adjacent to an activating group) is 1. The third-order valence-electron chi connectivity index (χ3n) is 3.77. The average Bonchev–Trinajstić information content (AvgIpc) is 2.49. The largest absolute Gasteiger partial charge is 0.479 e. The standard InChI is InChI=1S/C16H23NO5/c1-12(2)16(11-21-4,14(18)19)17(3)15(20)22-10-13-8-6-5-7-9-13/h5-9,12H,10-11H2,1-4H3,(H,18,19). The Bertz CT molecular complexity index is 503. The van der Waals surface area contributed by atoms with Crippen LogP contribution >= 0.6 is 0 Å². The predicted molar refractivity (Wildman–Crippen MR) is 81.5 cm³/mol. The van der Waals surface area contributed by atoms with Crippen molar-refractivity contribution in [1.82, 2.24) is 4.90 Å². The lowest BCUT2D eigenvalue weighted by Crippen LogP contribution is -2.61. The molecule has 22 heavy (non-hydrogen) atoms. The molecular weight excluding hydrogens is 286 g/mol. The molecule has 0 fully saturated rings. The van der Waals surface area contributed by atoms with Crippen molar-refractivity contribution in [2.24, 2.45) is 5.92 Å². The van der Waals surface area contributed by atoms with Gasteiger partial charge >= 0.3 is 12.1 Å². The van der Waals surface area contributed by atoms with E-state index in [0.29, 0.717) is 0 Å². The second-order valence-electron chi connectivity index (χ2n) is 5.42. The summed E-state index contributed by atoms with van der Waals surface area (Å²) >= 11 is 0. The Morgan fingerprint density at radius 2 is 1.86 bits per heavy atom. The summed E-state index contributed by atoms with van der Waals surface area (Å²) in [6, 6.07) is 9.20. The zero-order valence-electron chi connectivity index (χ0n) is 13.4. The van der Waals surface area contributed by atoms with Gasteiger partial charge < -0.3 is 14.6 Å². The van der Waals surface area contributed by atoms with Crippen molar-refractivity contribution in [3.63, 3.8) is 0 Å². The number of methoxy groups -OCH3 is 1. The fourth-order valence-electron chi connectivity index (χ4n) is 2.30. The minimum atomic E-state index is -1.47. The van der Waals surface area contributed by atoms with Crippen LogP contribution in [0.4, 0.5) is 4.79 Å². The minimum absolute atomic E-state index is 0.0881. The molecule has 1 aromatic carbocycles. The van der Waals surface area contributed by atoms with E-state index in [1.807, 2.05) is 30.3 Å². The molecule has 6 heteroatoms. The van der Waals surface area contributed by atoms with Crippen molar-refractivity contribution >= 4 is 12.1 Å². The first-order valence-electron chi connectivity index (χ1n) is 7.03. The van der Waals surface area contributed by atoms with Crippen molar-refractivity contribution in [1.29, 1.82) is 0 Å². The topological polar surface area (TPSA) is 76.1 Å². The van der Waals surface area contributed by atoms with Crippen LogP contribution in [0.1, 0.15) is 19.4 Å².